The van der Waals surface area contributed by atoms with Crippen LogP contribution in [0.4, 0.5) is 0 Å². The smallest absolute Gasteiger partial charge is 0.227 e. The molecule has 1 amide bonds. The molecule has 4 heteroatoms. The zero-order chi connectivity index (χ0) is 17.0. The number of ether oxygens (including phenoxy) is 1. The number of hydrogen-bond acceptors (Lipinski definition) is 3. The molecule has 2 fully saturated rings. The van der Waals surface area contributed by atoms with Gasteiger partial charge in [-0.05, 0) is 50.7 Å². The Bertz CT molecular complexity index is 536. The van der Waals surface area contributed by atoms with Gasteiger partial charge in [0.15, 0.2) is 0 Å². The molecular formula is C20H30N2O2. The van der Waals surface area contributed by atoms with E-state index in [0.717, 1.165) is 64.0 Å². The van der Waals surface area contributed by atoms with Gasteiger partial charge in [-0.15, -0.1) is 0 Å². The second kappa shape index (κ2) is 7.56. The molecule has 3 rings (SSSR count). The summed E-state index contributed by atoms with van der Waals surface area (Å²) in [7, 11) is 0. The second-order valence-corrected chi connectivity index (χ2v) is 7.70. The first-order chi connectivity index (χ1) is 11.6. The van der Waals surface area contributed by atoms with Gasteiger partial charge < -0.3 is 15.4 Å². The number of nitrogens with zero attached hydrogens (tertiary/aromatic N) is 1. The minimum Gasteiger partial charge on any atom is -0.493 e. The van der Waals surface area contributed by atoms with Gasteiger partial charge in [0.25, 0.3) is 0 Å². The van der Waals surface area contributed by atoms with Crippen LogP contribution in [0.15, 0.2) is 30.3 Å². The number of carbonyl (C=O) groups excluding carboxylic acids is 1. The monoisotopic (exact) mass is 330 g/mol. The first-order valence-corrected chi connectivity index (χ1v) is 9.32. The summed E-state index contributed by atoms with van der Waals surface area (Å²) in [5.41, 5.74) is 6.07. The van der Waals surface area contributed by atoms with Crippen LogP contribution >= 0.6 is 0 Å². The van der Waals surface area contributed by atoms with Gasteiger partial charge in [0.2, 0.25) is 5.91 Å². The molecule has 4 nitrogen and oxygen atoms in total. The molecule has 1 heterocycles. The number of carbonyl (C=O) groups is 1. The Morgan fingerprint density at radius 1 is 1.21 bits per heavy atom. The van der Waals surface area contributed by atoms with Crippen LogP contribution in [-0.2, 0) is 4.79 Å². The third-order valence-electron chi connectivity index (χ3n) is 5.71. The number of amides is 1. The standard InChI is InChI=1S/C20H30N2O2/c1-20(21)12-6-5-9-18(20)19(23)22-13-10-16(11-14-22)15-24-17-7-3-2-4-8-17/h2-4,7-8,16,18H,5-6,9-15,21H2,1H3. The van der Waals surface area contributed by atoms with Crippen molar-refractivity contribution >= 4 is 5.91 Å². The van der Waals surface area contributed by atoms with E-state index in [1.54, 1.807) is 0 Å². The predicted molar refractivity (Wildman–Crippen MR) is 95.8 cm³/mol. The fourth-order valence-electron chi connectivity index (χ4n) is 4.04. The molecule has 1 saturated carbocycles. The molecule has 0 bridgehead atoms. The van der Waals surface area contributed by atoms with Crippen molar-refractivity contribution in [3.05, 3.63) is 30.3 Å². The fourth-order valence-corrected chi connectivity index (χ4v) is 4.04. The van der Waals surface area contributed by atoms with Crippen LogP contribution < -0.4 is 10.5 Å². The molecule has 2 unspecified atom stereocenters. The Morgan fingerprint density at radius 3 is 2.58 bits per heavy atom. The molecule has 2 N–H and O–H groups in total. The number of rotatable bonds is 4. The van der Waals surface area contributed by atoms with E-state index < -0.39 is 0 Å². The van der Waals surface area contributed by atoms with Crippen LogP contribution in [0.25, 0.3) is 0 Å². The van der Waals surface area contributed by atoms with E-state index in [2.05, 4.69) is 6.92 Å². The maximum absolute atomic E-state index is 12.9. The number of piperidine rings is 1. The van der Waals surface area contributed by atoms with E-state index in [0.29, 0.717) is 5.92 Å². The van der Waals surface area contributed by atoms with E-state index in [1.165, 1.54) is 0 Å². The highest BCUT2D eigenvalue weighted by Gasteiger charge is 2.40. The van der Waals surface area contributed by atoms with Crippen molar-refractivity contribution in [1.82, 2.24) is 4.90 Å². The van der Waals surface area contributed by atoms with Crippen LogP contribution in [-0.4, -0.2) is 36.0 Å². The largest absolute Gasteiger partial charge is 0.493 e. The first kappa shape index (κ1) is 17.3. The van der Waals surface area contributed by atoms with Crippen molar-refractivity contribution in [2.75, 3.05) is 19.7 Å². The van der Waals surface area contributed by atoms with E-state index in [1.807, 2.05) is 35.2 Å². The highest BCUT2D eigenvalue weighted by Crippen LogP contribution is 2.34. The summed E-state index contributed by atoms with van der Waals surface area (Å²) in [5, 5.41) is 0. The number of nitrogens with two attached hydrogens (primary N) is 1. The maximum Gasteiger partial charge on any atom is 0.227 e. The molecule has 1 aromatic carbocycles. The molecular weight excluding hydrogens is 300 g/mol. The van der Waals surface area contributed by atoms with Crippen LogP contribution in [0.1, 0.15) is 45.4 Å². The van der Waals surface area contributed by atoms with Gasteiger partial charge in [-0.1, -0.05) is 31.0 Å². The quantitative estimate of drug-likeness (QED) is 0.922. The zero-order valence-electron chi connectivity index (χ0n) is 14.7. The summed E-state index contributed by atoms with van der Waals surface area (Å²) in [6.45, 7) is 4.47. The van der Waals surface area contributed by atoms with Crippen molar-refractivity contribution in [3.8, 4) is 5.75 Å². The highest BCUT2D eigenvalue weighted by molar-refractivity contribution is 5.80. The second-order valence-electron chi connectivity index (χ2n) is 7.70. The zero-order valence-corrected chi connectivity index (χ0v) is 14.7. The first-order valence-electron chi connectivity index (χ1n) is 9.32. The average Bonchev–Trinajstić information content (AvgIpc) is 2.60. The summed E-state index contributed by atoms with van der Waals surface area (Å²) in [5.74, 6) is 1.74. The molecule has 0 aromatic heterocycles. The Balaban J connectivity index is 1.47. The lowest BCUT2D eigenvalue weighted by Gasteiger charge is -2.41. The maximum atomic E-state index is 12.9. The molecule has 1 aromatic rings. The Hall–Kier alpha value is -1.55. The molecule has 1 aliphatic heterocycles. The number of benzene rings is 1. The van der Waals surface area contributed by atoms with Gasteiger partial charge in [0.1, 0.15) is 5.75 Å². The van der Waals surface area contributed by atoms with Crippen LogP contribution in [0.5, 0.6) is 5.75 Å². The third kappa shape index (κ3) is 4.10. The lowest BCUT2D eigenvalue weighted by Crippen LogP contribution is -2.55. The van der Waals surface area contributed by atoms with Crippen LogP contribution in [0, 0.1) is 11.8 Å². The van der Waals surface area contributed by atoms with E-state index in [4.69, 9.17) is 10.5 Å². The molecule has 1 aliphatic carbocycles. The summed E-state index contributed by atoms with van der Waals surface area (Å²) in [6.07, 6.45) is 6.23. The molecule has 2 aliphatic rings. The highest BCUT2D eigenvalue weighted by atomic mass is 16.5. The molecule has 1 saturated heterocycles. The van der Waals surface area contributed by atoms with Gasteiger partial charge in [0, 0.05) is 18.6 Å². The van der Waals surface area contributed by atoms with Gasteiger partial charge >= 0.3 is 0 Å². The topological polar surface area (TPSA) is 55.6 Å². The molecule has 24 heavy (non-hydrogen) atoms. The summed E-state index contributed by atoms with van der Waals surface area (Å²) < 4.78 is 5.87. The molecule has 132 valence electrons. The van der Waals surface area contributed by atoms with Gasteiger partial charge in [-0.25, -0.2) is 0 Å². The van der Waals surface area contributed by atoms with Crippen molar-refractivity contribution < 1.29 is 9.53 Å². The van der Waals surface area contributed by atoms with Gasteiger partial charge in [-0.2, -0.15) is 0 Å². The molecule has 0 spiro atoms. The summed E-state index contributed by atoms with van der Waals surface area (Å²) in [4.78, 5) is 14.9. The number of likely N-dealkylation sites (tertiary alicyclic amines) is 1. The SMILES string of the molecule is CC1(N)CCCCC1C(=O)N1CCC(COc2ccccc2)CC1. The Kier molecular flexibility index (Phi) is 5.44. The van der Waals surface area contributed by atoms with Crippen molar-refractivity contribution in [2.24, 2.45) is 17.6 Å². The van der Waals surface area contributed by atoms with Crippen molar-refractivity contribution in [2.45, 2.75) is 51.0 Å². The average molecular weight is 330 g/mol. The molecule has 2 atom stereocenters. The fraction of sp³-hybridized carbons (Fsp3) is 0.650. The van der Waals surface area contributed by atoms with Gasteiger partial charge in [0.05, 0.1) is 12.5 Å². The third-order valence-corrected chi connectivity index (χ3v) is 5.71. The summed E-state index contributed by atoms with van der Waals surface area (Å²) in [6, 6.07) is 9.95. The lowest BCUT2D eigenvalue weighted by molar-refractivity contribution is -0.140. The van der Waals surface area contributed by atoms with Crippen molar-refractivity contribution in [1.29, 1.82) is 0 Å². The van der Waals surface area contributed by atoms with E-state index in [9.17, 15) is 4.79 Å². The van der Waals surface area contributed by atoms with Gasteiger partial charge in [-0.3, -0.25) is 4.79 Å². The molecule has 0 radical (unpaired) electrons. The van der Waals surface area contributed by atoms with Crippen LogP contribution in [0.2, 0.25) is 0 Å². The van der Waals surface area contributed by atoms with E-state index >= 15 is 0 Å². The number of hydrogen-bond donors (Lipinski definition) is 1. The minimum atomic E-state index is -0.331. The Morgan fingerprint density at radius 2 is 1.92 bits per heavy atom. The van der Waals surface area contributed by atoms with Crippen LogP contribution in [0.3, 0.4) is 0 Å². The summed E-state index contributed by atoms with van der Waals surface area (Å²) >= 11 is 0. The normalized spacial score (nSPS) is 28.6. The van der Waals surface area contributed by atoms with E-state index in [-0.39, 0.29) is 17.4 Å². The predicted octanol–water partition coefficient (Wildman–Crippen LogP) is 3.21. The van der Waals surface area contributed by atoms with Crippen molar-refractivity contribution in [3.63, 3.8) is 0 Å². The lowest BCUT2D eigenvalue weighted by atomic mass is 9.73. The minimum absolute atomic E-state index is 0.00312. The Labute approximate surface area is 145 Å². The number of para-hydroxylation sites is 1.